The Morgan fingerprint density at radius 3 is 2.33 bits per heavy atom. The minimum Gasteiger partial charge on any atom is -0.381 e. The number of nitrogens with zero attached hydrogens (tertiary/aromatic N) is 1. The molecule has 0 N–H and O–H groups in total. The molecule has 1 aromatic carbocycles. The monoisotopic (exact) mass is 301 g/mol. The summed E-state index contributed by atoms with van der Waals surface area (Å²) < 4.78 is 42.8. The summed E-state index contributed by atoms with van der Waals surface area (Å²) in [5.74, 6) is 0.716. The third-order valence-corrected chi connectivity index (χ3v) is 3.99. The van der Waals surface area contributed by atoms with Gasteiger partial charge < -0.3 is 9.64 Å². The summed E-state index contributed by atoms with van der Waals surface area (Å²) in [6.07, 6.45) is -0.893. The van der Waals surface area contributed by atoms with Crippen LogP contribution in [0.3, 0.4) is 0 Å². The van der Waals surface area contributed by atoms with Crippen LogP contribution in [0.4, 0.5) is 13.2 Å². The Kier molecular flexibility index (Phi) is 5.65. The molecular weight excluding hydrogens is 279 g/mol. The molecule has 0 atom stereocenters. The Balaban J connectivity index is 1.78. The van der Waals surface area contributed by atoms with E-state index in [1.807, 2.05) is 7.05 Å². The Bertz CT molecular complexity index is 424. The van der Waals surface area contributed by atoms with Crippen molar-refractivity contribution in [3.05, 3.63) is 35.4 Å². The summed E-state index contributed by atoms with van der Waals surface area (Å²) >= 11 is 0. The predicted molar refractivity (Wildman–Crippen MR) is 75.9 cm³/mol. The number of hydrogen-bond donors (Lipinski definition) is 0. The fourth-order valence-electron chi connectivity index (χ4n) is 2.63. The molecule has 0 saturated carbocycles. The highest BCUT2D eigenvalue weighted by Crippen LogP contribution is 2.29. The van der Waals surface area contributed by atoms with Gasteiger partial charge >= 0.3 is 6.18 Å². The van der Waals surface area contributed by atoms with Gasteiger partial charge in [-0.15, -0.1) is 0 Å². The summed E-state index contributed by atoms with van der Waals surface area (Å²) in [6.45, 7) is 3.35. The lowest BCUT2D eigenvalue weighted by Gasteiger charge is -2.24. The third-order valence-electron chi connectivity index (χ3n) is 3.99. The molecule has 0 unspecified atom stereocenters. The highest BCUT2D eigenvalue weighted by atomic mass is 19.4. The van der Waals surface area contributed by atoms with Gasteiger partial charge in [0.15, 0.2) is 0 Å². The van der Waals surface area contributed by atoms with E-state index in [9.17, 15) is 13.2 Å². The van der Waals surface area contributed by atoms with Crippen molar-refractivity contribution >= 4 is 0 Å². The van der Waals surface area contributed by atoms with Crippen molar-refractivity contribution in [1.82, 2.24) is 4.90 Å². The largest absolute Gasteiger partial charge is 0.416 e. The maximum absolute atomic E-state index is 12.5. The van der Waals surface area contributed by atoms with Gasteiger partial charge in [-0.3, -0.25) is 0 Å². The van der Waals surface area contributed by atoms with Crippen molar-refractivity contribution in [2.75, 3.05) is 26.8 Å². The fraction of sp³-hybridized carbons (Fsp3) is 0.625. The maximum Gasteiger partial charge on any atom is 0.416 e. The average Bonchev–Trinajstić information content (AvgIpc) is 2.46. The topological polar surface area (TPSA) is 12.5 Å². The first-order chi connectivity index (χ1) is 9.95. The SMILES string of the molecule is CN(CCC1CCOCC1)Cc1ccc(C(F)(F)F)cc1. The molecule has 2 nitrogen and oxygen atoms in total. The molecule has 1 heterocycles. The molecule has 118 valence electrons. The zero-order valence-corrected chi connectivity index (χ0v) is 12.3. The van der Waals surface area contributed by atoms with Crippen LogP contribution in [0, 0.1) is 5.92 Å². The summed E-state index contributed by atoms with van der Waals surface area (Å²) in [7, 11) is 2.01. The minimum atomic E-state index is -4.26. The van der Waals surface area contributed by atoms with Crippen molar-refractivity contribution in [3.63, 3.8) is 0 Å². The van der Waals surface area contributed by atoms with E-state index in [1.165, 1.54) is 0 Å². The fourth-order valence-corrected chi connectivity index (χ4v) is 2.63. The maximum atomic E-state index is 12.5. The molecule has 0 amide bonds. The van der Waals surface area contributed by atoms with Crippen molar-refractivity contribution in [3.8, 4) is 0 Å². The number of halogens is 3. The molecule has 0 spiro atoms. The second kappa shape index (κ2) is 7.27. The van der Waals surface area contributed by atoms with Gasteiger partial charge in [0.2, 0.25) is 0 Å². The van der Waals surface area contributed by atoms with E-state index in [4.69, 9.17) is 4.74 Å². The number of hydrogen-bond acceptors (Lipinski definition) is 2. The zero-order chi connectivity index (χ0) is 15.3. The number of rotatable bonds is 5. The highest BCUT2D eigenvalue weighted by Gasteiger charge is 2.29. The Labute approximate surface area is 123 Å². The molecule has 2 rings (SSSR count). The first kappa shape index (κ1) is 16.3. The van der Waals surface area contributed by atoms with Crippen LogP contribution in [0.5, 0.6) is 0 Å². The van der Waals surface area contributed by atoms with Gasteiger partial charge in [0, 0.05) is 19.8 Å². The molecule has 0 bridgehead atoms. The molecule has 1 saturated heterocycles. The normalized spacial score (nSPS) is 17.4. The van der Waals surface area contributed by atoms with Crippen molar-refractivity contribution < 1.29 is 17.9 Å². The highest BCUT2D eigenvalue weighted by molar-refractivity contribution is 5.24. The summed E-state index contributed by atoms with van der Waals surface area (Å²) in [6, 6.07) is 5.44. The molecule has 1 aliphatic heterocycles. The molecule has 5 heteroatoms. The van der Waals surface area contributed by atoms with E-state index >= 15 is 0 Å². The number of alkyl halides is 3. The molecule has 1 aromatic rings. The van der Waals surface area contributed by atoms with Gasteiger partial charge in [-0.2, -0.15) is 13.2 Å². The standard InChI is InChI=1S/C16H22F3NO/c1-20(9-6-13-7-10-21-11-8-13)12-14-2-4-15(5-3-14)16(17,18)19/h2-5,13H,6-12H2,1H3. The Morgan fingerprint density at radius 2 is 1.76 bits per heavy atom. The van der Waals surface area contributed by atoms with E-state index in [0.717, 1.165) is 56.7 Å². The van der Waals surface area contributed by atoms with Gasteiger partial charge in [0.1, 0.15) is 0 Å². The quantitative estimate of drug-likeness (QED) is 0.816. The smallest absolute Gasteiger partial charge is 0.381 e. The number of ether oxygens (including phenoxy) is 1. The zero-order valence-electron chi connectivity index (χ0n) is 12.3. The third kappa shape index (κ3) is 5.32. The van der Waals surface area contributed by atoms with E-state index in [0.29, 0.717) is 12.5 Å². The first-order valence-electron chi connectivity index (χ1n) is 7.37. The van der Waals surface area contributed by atoms with Crippen LogP contribution in [-0.2, 0) is 17.5 Å². The van der Waals surface area contributed by atoms with Gasteiger partial charge in [-0.1, -0.05) is 12.1 Å². The van der Waals surface area contributed by atoms with Crippen molar-refractivity contribution in [2.45, 2.75) is 32.0 Å². The summed E-state index contributed by atoms with van der Waals surface area (Å²) in [5.41, 5.74) is 0.327. The van der Waals surface area contributed by atoms with Gasteiger partial charge in [-0.05, 0) is 56.5 Å². The average molecular weight is 301 g/mol. The summed E-state index contributed by atoms with van der Waals surface area (Å²) in [4.78, 5) is 2.16. The van der Waals surface area contributed by atoms with E-state index in [1.54, 1.807) is 12.1 Å². The predicted octanol–water partition coefficient (Wildman–Crippen LogP) is 3.95. The van der Waals surface area contributed by atoms with Crippen LogP contribution in [0.2, 0.25) is 0 Å². The van der Waals surface area contributed by atoms with E-state index in [2.05, 4.69) is 4.90 Å². The van der Waals surface area contributed by atoms with Gasteiger partial charge in [-0.25, -0.2) is 0 Å². The molecule has 21 heavy (non-hydrogen) atoms. The molecule has 1 fully saturated rings. The van der Waals surface area contributed by atoms with Gasteiger partial charge in [0.25, 0.3) is 0 Å². The minimum absolute atomic E-state index is 0.587. The molecular formula is C16H22F3NO. The molecule has 0 radical (unpaired) electrons. The lowest BCUT2D eigenvalue weighted by molar-refractivity contribution is -0.137. The lowest BCUT2D eigenvalue weighted by atomic mass is 9.96. The number of benzene rings is 1. The summed E-state index contributed by atoms with van der Waals surface area (Å²) in [5, 5.41) is 0. The van der Waals surface area contributed by atoms with Crippen LogP contribution in [-0.4, -0.2) is 31.7 Å². The van der Waals surface area contributed by atoms with Crippen molar-refractivity contribution in [1.29, 1.82) is 0 Å². The molecule has 1 aliphatic rings. The lowest BCUT2D eigenvalue weighted by Crippen LogP contribution is -2.24. The van der Waals surface area contributed by atoms with Crippen LogP contribution < -0.4 is 0 Å². The van der Waals surface area contributed by atoms with E-state index in [-0.39, 0.29) is 0 Å². The van der Waals surface area contributed by atoms with E-state index < -0.39 is 11.7 Å². The van der Waals surface area contributed by atoms with Crippen LogP contribution in [0.15, 0.2) is 24.3 Å². The Morgan fingerprint density at radius 1 is 1.14 bits per heavy atom. The molecule has 0 aliphatic carbocycles. The first-order valence-corrected chi connectivity index (χ1v) is 7.37. The van der Waals surface area contributed by atoms with Crippen LogP contribution in [0.25, 0.3) is 0 Å². The van der Waals surface area contributed by atoms with Crippen LogP contribution in [0.1, 0.15) is 30.4 Å². The Hall–Kier alpha value is -1.07. The second-order valence-electron chi connectivity index (χ2n) is 5.78. The molecule has 0 aromatic heterocycles. The van der Waals surface area contributed by atoms with Gasteiger partial charge in [0.05, 0.1) is 5.56 Å². The van der Waals surface area contributed by atoms with Crippen molar-refractivity contribution in [2.24, 2.45) is 5.92 Å². The second-order valence-corrected chi connectivity index (χ2v) is 5.78. The van der Waals surface area contributed by atoms with Crippen LogP contribution >= 0.6 is 0 Å².